The number of hydrogen-bond donors (Lipinski definition) is 0. The Morgan fingerprint density at radius 2 is 1.64 bits per heavy atom. The first-order valence-electron chi connectivity index (χ1n) is 7.78. The third-order valence-corrected chi connectivity index (χ3v) is 3.70. The van der Waals surface area contributed by atoms with Crippen molar-refractivity contribution in [2.45, 2.75) is 52.4 Å². The molecule has 0 N–H and O–H groups in total. The molecule has 0 spiro atoms. The van der Waals surface area contributed by atoms with Crippen LogP contribution in [0.25, 0.3) is 0 Å². The fourth-order valence-electron chi connectivity index (χ4n) is 2.33. The number of nitrogens with zero attached hydrogens (tertiary/aromatic N) is 2. The smallest absolute Gasteiger partial charge is 0.0812 e. The third-order valence-electron chi connectivity index (χ3n) is 3.70. The lowest BCUT2D eigenvalue weighted by molar-refractivity contribution is 0.578. The maximum Gasteiger partial charge on any atom is 0.0812 e. The molecule has 2 nitrogen and oxygen atoms in total. The second kappa shape index (κ2) is 6.04. The molecule has 0 aliphatic heterocycles. The fourth-order valence-corrected chi connectivity index (χ4v) is 2.33. The fraction of sp³-hybridized carbons (Fsp3) is 0.400. The maximum atomic E-state index is 4.73. The second-order valence-electron chi connectivity index (χ2n) is 7.74. The summed E-state index contributed by atoms with van der Waals surface area (Å²) >= 11 is 0. The molecule has 1 heterocycles. The van der Waals surface area contributed by atoms with E-state index >= 15 is 0 Å². The van der Waals surface area contributed by atoms with Gasteiger partial charge in [0, 0.05) is 6.20 Å². The van der Waals surface area contributed by atoms with E-state index in [1.54, 1.807) is 6.20 Å². The van der Waals surface area contributed by atoms with Gasteiger partial charge < -0.3 is 0 Å². The van der Waals surface area contributed by atoms with Gasteiger partial charge in [0.05, 0.1) is 17.6 Å². The van der Waals surface area contributed by atoms with Crippen molar-refractivity contribution in [1.29, 1.82) is 0 Å². The predicted octanol–water partition coefficient (Wildman–Crippen LogP) is 5.43. The van der Waals surface area contributed by atoms with Crippen LogP contribution < -0.4 is 0 Å². The molecule has 2 aromatic rings. The van der Waals surface area contributed by atoms with Crippen LogP contribution in [0.4, 0.5) is 5.69 Å². The molecular weight excluding hydrogens is 268 g/mol. The lowest BCUT2D eigenvalue weighted by Crippen LogP contribution is -2.15. The first-order chi connectivity index (χ1) is 10.2. The van der Waals surface area contributed by atoms with Crippen LogP contribution in [0.1, 0.15) is 58.4 Å². The van der Waals surface area contributed by atoms with Crippen molar-refractivity contribution in [1.82, 2.24) is 4.98 Å². The summed E-state index contributed by atoms with van der Waals surface area (Å²) in [5, 5.41) is 0. The van der Waals surface area contributed by atoms with Gasteiger partial charge >= 0.3 is 0 Å². The normalized spacial score (nSPS) is 12.8. The molecule has 0 amide bonds. The minimum Gasteiger partial charge on any atom is -0.255 e. The first-order valence-corrected chi connectivity index (χ1v) is 7.78. The molecule has 0 fully saturated rings. The summed E-state index contributed by atoms with van der Waals surface area (Å²) in [6.45, 7) is 13.3. The van der Waals surface area contributed by atoms with Gasteiger partial charge in [-0.05, 0) is 40.2 Å². The highest BCUT2D eigenvalue weighted by Gasteiger charge is 2.21. The number of rotatable bonds is 2. The van der Waals surface area contributed by atoms with Gasteiger partial charge in [0.25, 0.3) is 0 Å². The van der Waals surface area contributed by atoms with Crippen LogP contribution in [0, 0.1) is 0 Å². The summed E-state index contributed by atoms with van der Waals surface area (Å²) in [5.74, 6) is 0. The Balaban J connectivity index is 2.48. The van der Waals surface area contributed by atoms with E-state index in [4.69, 9.17) is 4.99 Å². The minimum atomic E-state index is 0.0627. The molecule has 0 saturated heterocycles. The topological polar surface area (TPSA) is 25.2 Å². The van der Waals surface area contributed by atoms with E-state index in [0.29, 0.717) is 0 Å². The van der Waals surface area contributed by atoms with Gasteiger partial charge in [-0.15, -0.1) is 0 Å². The van der Waals surface area contributed by atoms with Crippen molar-refractivity contribution >= 4 is 11.9 Å². The summed E-state index contributed by atoms with van der Waals surface area (Å²) in [6, 6.07) is 12.5. The van der Waals surface area contributed by atoms with Crippen molar-refractivity contribution in [3.63, 3.8) is 0 Å². The third kappa shape index (κ3) is 4.03. The average molecular weight is 294 g/mol. The van der Waals surface area contributed by atoms with Crippen molar-refractivity contribution in [2.24, 2.45) is 4.99 Å². The number of pyridine rings is 1. The Bertz CT molecular complexity index is 656. The van der Waals surface area contributed by atoms with Gasteiger partial charge in [-0.3, -0.25) is 9.98 Å². The zero-order chi connectivity index (χ0) is 16.4. The highest BCUT2D eigenvalue weighted by molar-refractivity contribution is 5.80. The monoisotopic (exact) mass is 294 g/mol. The highest BCUT2D eigenvalue weighted by atomic mass is 14.8. The average Bonchev–Trinajstić information content (AvgIpc) is 2.44. The van der Waals surface area contributed by atoms with Crippen LogP contribution in [0.2, 0.25) is 0 Å². The van der Waals surface area contributed by atoms with Crippen LogP contribution in [-0.4, -0.2) is 11.2 Å². The molecule has 0 atom stereocenters. The Hall–Kier alpha value is -1.96. The predicted molar refractivity (Wildman–Crippen MR) is 95.3 cm³/mol. The molecule has 2 heteroatoms. The van der Waals surface area contributed by atoms with E-state index in [2.05, 4.69) is 64.7 Å². The summed E-state index contributed by atoms with van der Waals surface area (Å²) in [5.41, 5.74) is 4.65. The Labute approximate surface area is 134 Å². The molecular formula is C20H26N2. The molecule has 0 unspecified atom stereocenters. The quantitative estimate of drug-likeness (QED) is 0.678. The Kier molecular flexibility index (Phi) is 4.50. The maximum absolute atomic E-state index is 4.73. The van der Waals surface area contributed by atoms with E-state index < -0.39 is 0 Å². The SMILES string of the molecule is CC(C)(C)c1ccc(C(C)(C)C)c(N=Cc2ccccn2)c1. The van der Waals surface area contributed by atoms with E-state index in [1.807, 2.05) is 24.4 Å². The van der Waals surface area contributed by atoms with Gasteiger partial charge in [0.2, 0.25) is 0 Å². The second-order valence-corrected chi connectivity index (χ2v) is 7.74. The van der Waals surface area contributed by atoms with Gasteiger partial charge in [-0.25, -0.2) is 0 Å². The van der Waals surface area contributed by atoms with Crippen molar-refractivity contribution in [3.8, 4) is 0 Å². The zero-order valence-corrected chi connectivity index (χ0v) is 14.5. The molecule has 2 rings (SSSR count). The highest BCUT2D eigenvalue weighted by Crippen LogP contribution is 2.35. The largest absolute Gasteiger partial charge is 0.255 e. The van der Waals surface area contributed by atoms with Gasteiger partial charge in [0.15, 0.2) is 0 Å². The molecule has 0 aliphatic rings. The van der Waals surface area contributed by atoms with E-state index in [9.17, 15) is 0 Å². The summed E-state index contributed by atoms with van der Waals surface area (Å²) in [7, 11) is 0. The van der Waals surface area contributed by atoms with E-state index in [-0.39, 0.29) is 10.8 Å². The van der Waals surface area contributed by atoms with Crippen molar-refractivity contribution in [2.75, 3.05) is 0 Å². The molecule has 1 aromatic carbocycles. The molecule has 0 aliphatic carbocycles. The van der Waals surface area contributed by atoms with Gasteiger partial charge in [0.1, 0.15) is 0 Å². The molecule has 0 bridgehead atoms. The zero-order valence-electron chi connectivity index (χ0n) is 14.5. The molecule has 22 heavy (non-hydrogen) atoms. The summed E-state index contributed by atoms with van der Waals surface area (Å²) in [4.78, 5) is 9.04. The summed E-state index contributed by atoms with van der Waals surface area (Å²) in [6.07, 6.45) is 3.63. The summed E-state index contributed by atoms with van der Waals surface area (Å²) < 4.78 is 0. The van der Waals surface area contributed by atoms with Crippen molar-refractivity contribution < 1.29 is 0 Å². The van der Waals surface area contributed by atoms with Crippen LogP contribution in [0.15, 0.2) is 47.6 Å². The minimum absolute atomic E-state index is 0.0627. The molecule has 1 aromatic heterocycles. The number of hydrogen-bond acceptors (Lipinski definition) is 2. The van der Waals surface area contributed by atoms with Crippen LogP contribution in [-0.2, 0) is 10.8 Å². The van der Waals surface area contributed by atoms with Gasteiger partial charge in [-0.2, -0.15) is 0 Å². The van der Waals surface area contributed by atoms with Gasteiger partial charge in [-0.1, -0.05) is 59.7 Å². The van der Waals surface area contributed by atoms with Crippen LogP contribution in [0.3, 0.4) is 0 Å². The lowest BCUT2D eigenvalue weighted by atomic mass is 9.81. The number of aromatic nitrogens is 1. The van der Waals surface area contributed by atoms with E-state index in [0.717, 1.165) is 11.4 Å². The Morgan fingerprint density at radius 3 is 2.18 bits per heavy atom. The Morgan fingerprint density at radius 1 is 0.909 bits per heavy atom. The molecule has 0 saturated carbocycles. The van der Waals surface area contributed by atoms with Crippen LogP contribution >= 0.6 is 0 Å². The first kappa shape index (κ1) is 16.4. The lowest BCUT2D eigenvalue weighted by Gasteiger charge is -2.25. The standard InChI is InChI=1S/C20H26N2/c1-19(2,3)15-10-11-17(20(4,5)6)18(13-15)22-14-16-9-7-8-12-21-16/h7-14H,1-6H3. The molecule has 116 valence electrons. The molecule has 0 radical (unpaired) electrons. The van der Waals surface area contributed by atoms with Crippen LogP contribution in [0.5, 0.6) is 0 Å². The number of aliphatic imine (C=N–C) groups is 1. The van der Waals surface area contributed by atoms with E-state index in [1.165, 1.54) is 11.1 Å². The number of benzene rings is 1. The van der Waals surface area contributed by atoms with Crippen molar-refractivity contribution in [3.05, 3.63) is 59.4 Å².